The zero-order chi connectivity index (χ0) is 22.1. The van der Waals surface area contributed by atoms with E-state index >= 15 is 0 Å². The summed E-state index contributed by atoms with van der Waals surface area (Å²) in [4.78, 5) is 7.07. The molecule has 2 heterocycles. The fourth-order valence-corrected chi connectivity index (χ4v) is 4.22. The van der Waals surface area contributed by atoms with Gasteiger partial charge in [-0.05, 0) is 30.5 Å². The highest BCUT2D eigenvalue weighted by Crippen LogP contribution is 2.29. The number of β-amino-alcohol motifs (C(OH)–C–C–N with tert-alkyl or cyclic N) is 1. The molecule has 0 amide bonds. The van der Waals surface area contributed by atoms with E-state index in [2.05, 4.69) is 20.8 Å². The second-order valence-corrected chi connectivity index (χ2v) is 8.59. The summed E-state index contributed by atoms with van der Waals surface area (Å²) in [5.74, 6) is 1.35. The van der Waals surface area contributed by atoms with Crippen LogP contribution in [0.5, 0.6) is 11.5 Å². The Morgan fingerprint density at radius 2 is 1.68 bits per heavy atom. The molecule has 1 aromatic rings. The first-order valence-corrected chi connectivity index (χ1v) is 11.4. The Hall–Kier alpha value is -1.42. The minimum atomic E-state index is -0.575. The van der Waals surface area contributed by atoms with Crippen molar-refractivity contribution in [2.24, 2.45) is 0 Å². The predicted molar refractivity (Wildman–Crippen MR) is 120 cm³/mol. The smallest absolute Gasteiger partial charge is 0.161 e. The Labute approximate surface area is 186 Å². The van der Waals surface area contributed by atoms with Crippen molar-refractivity contribution in [1.82, 2.24) is 14.7 Å². The van der Waals surface area contributed by atoms with Crippen LogP contribution < -0.4 is 9.47 Å². The lowest BCUT2D eigenvalue weighted by atomic mass is 10.1. The summed E-state index contributed by atoms with van der Waals surface area (Å²) in [6.45, 7) is 9.30. The molecule has 2 fully saturated rings. The van der Waals surface area contributed by atoms with Gasteiger partial charge in [0, 0.05) is 66.0 Å². The van der Waals surface area contributed by atoms with Crippen LogP contribution in [0.25, 0.3) is 0 Å². The third-order valence-electron chi connectivity index (χ3n) is 6.17. The zero-order valence-corrected chi connectivity index (χ0v) is 19.0. The van der Waals surface area contributed by atoms with Gasteiger partial charge in [-0.1, -0.05) is 6.07 Å². The first kappa shape index (κ1) is 24.2. The van der Waals surface area contributed by atoms with Crippen LogP contribution in [-0.4, -0.2) is 117 Å². The van der Waals surface area contributed by atoms with Gasteiger partial charge >= 0.3 is 0 Å². The van der Waals surface area contributed by atoms with E-state index in [0.29, 0.717) is 18.0 Å². The summed E-state index contributed by atoms with van der Waals surface area (Å²) in [6.07, 6.45) is 0.761. The first-order chi connectivity index (χ1) is 15.1. The second kappa shape index (κ2) is 12.6. The van der Waals surface area contributed by atoms with Crippen molar-refractivity contribution in [1.29, 1.82) is 0 Å². The van der Waals surface area contributed by atoms with E-state index < -0.39 is 6.10 Å². The summed E-state index contributed by atoms with van der Waals surface area (Å²) in [7, 11) is 3.40. The Morgan fingerprint density at radius 1 is 0.968 bits per heavy atom. The van der Waals surface area contributed by atoms with Crippen molar-refractivity contribution in [2.75, 3.05) is 79.8 Å². The van der Waals surface area contributed by atoms with Gasteiger partial charge in [0.25, 0.3) is 0 Å². The number of aliphatic hydroxyl groups excluding tert-OH is 2. The number of hydrogen-bond acceptors (Lipinski definition) is 8. The maximum Gasteiger partial charge on any atom is 0.161 e. The molecule has 0 bridgehead atoms. The third-order valence-corrected chi connectivity index (χ3v) is 6.17. The molecule has 0 aromatic heterocycles. The number of benzene rings is 1. The average Bonchev–Trinajstić information content (AvgIpc) is 2.79. The summed E-state index contributed by atoms with van der Waals surface area (Å²) in [5, 5.41) is 20.0. The van der Waals surface area contributed by atoms with Crippen molar-refractivity contribution in [3.05, 3.63) is 23.8 Å². The van der Waals surface area contributed by atoms with Crippen molar-refractivity contribution in [3.8, 4) is 11.5 Å². The van der Waals surface area contributed by atoms with Gasteiger partial charge in [0.15, 0.2) is 11.5 Å². The standard InChI is InChI=1S/C23H39N3O5/c1-29-14-13-24-9-11-26(12-10-24)16-19-3-4-22(23(15-19)30-2)31-18-21(28)17-25-7-5-20(27)6-8-25/h3-4,15,20-21,27-28H,5-14,16-18H2,1-2H3. The molecule has 1 unspecified atom stereocenters. The number of hydrogen-bond donors (Lipinski definition) is 2. The van der Waals surface area contributed by atoms with Crippen LogP contribution in [0, 0.1) is 0 Å². The molecule has 2 saturated heterocycles. The minimum Gasteiger partial charge on any atom is -0.493 e. The number of ether oxygens (including phenoxy) is 3. The average molecular weight is 438 g/mol. The van der Waals surface area contributed by atoms with Gasteiger partial charge in [0.1, 0.15) is 12.7 Å². The molecule has 0 radical (unpaired) electrons. The monoisotopic (exact) mass is 437 g/mol. The van der Waals surface area contributed by atoms with E-state index in [9.17, 15) is 10.2 Å². The molecule has 8 nitrogen and oxygen atoms in total. The van der Waals surface area contributed by atoms with Crippen LogP contribution >= 0.6 is 0 Å². The highest BCUT2D eigenvalue weighted by atomic mass is 16.5. The second-order valence-electron chi connectivity index (χ2n) is 8.59. The molecule has 2 N–H and O–H groups in total. The topological polar surface area (TPSA) is 77.9 Å². The molecule has 0 saturated carbocycles. The van der Waals surface area contributed by atoms with Crippen LogP contribution in [0.3, 0.4) is 0 Å². The largest absolute Gasteiger partial charge is 0.493 e. The lowest BCUT2D eigenvalue weighted by Crippen LogP contribution is -2.46. The maximum atomic E-state index is 10.4. The number of piperidine rings is 1. The van der Waals surface area contributed by atoms with Gasteiger partial charge in [-0.15, -0.1) is 0 Å². The summed E-state index contributed by atoms with van der Waals surface area (Å²) < 4.78 is 16.6. The molecule has 1 atom stereocenters. The van der Waals surface area contributed by atoms with Gasteiger partial charge in [0.2, 0.25) is 0 Å². The molecule has 2 aliphatic heterocycles. The van der Waals surface area contributed by atoms with Crippen LogP contribution in [0.1, 0.15) is 18.4 Å². The Balaban J connectivity index is 1.44. The maximum absolute atomic E-state index is 10.4. The molecule has 0 spiro atoms. The van der Waals surface area contributed by atoms with E-state index in [-0.39, 0.29) is 12.7 Å². The quantitative estimate of drug-likeness (QED) is 0.523. The Bertz CT molecular complexity index is 646. The Kier molecular flexibility index (Phi) is 9.83. The van der Waals surface area contributed by atoms with E-state index in [0.717, 1.165) is 71.8 Å². The summed E-state index contributed by atoms with van der Waals surface area (Å²) >= 11 is 0. The van der Waals surface area contributed by atoms with E-state index in [4.69, 9.17) is 14.2 Å². The fourth-order valence-electron chi connectivity index (χ4n) is 4.22. The van der Waals surface area contributed by atoms with Gasteiger partial charge in [-0.25, -0.2) is 0 Å². The molecule has 31 heavy (non-hydrogen) atoms. The molecule has 0 aliphatic carbocycles. The van der Waals surface area contributed by atoms with Crippen molar-refractivity contribution < 1.29 is 24.4 Å². The zero-order valence-electron chi connectivity index (χ0n) is 19.0. The van der Waals surface area contributed by atoms with Gasteiger partial charge < -0.3 is 29.3 Å². The minimum absolute atomic E-state index is 0.202. The number of aliphatic hydroxyl groups is 2. The number of rotatable bonds is 11. The summed E-state index contributed by atoms with van der Waals surface area (Å²) in [6, 6.07) is 6.05. The van der Waals surface area contributed by atoms with Crippen LogP contribution in [0.15, 0.2) is 18.2 Å². The summed E-state index contributed by atoms with van der Waals surface area (Å²) in [5.41, 5.74) is 1.20. The number of piperazine rings is 1. The SMILES string of the molecule is COCCN1CCN(Cc2ccc(OCC(O)CN3CCC(O)CC3)c(OC)c2)CC1. The van der Waals surface area contributed by atoms with Crippen LogP contribution in [0.4, 0.5) is 0 Å². The third kappa shape index (κ3) is 7.89. The molecule has 2 aliphatic rings. The molecular weight excluding hydrogens is 398 g/mol. The molecule has 176 valence electrons. The lowest BCUT2D eigenvalue weighted by molar-refractivity contribution is 0.0333. The fraction of sp³-hybridized carbons (Fsp3) is 0.739. The van der Waals surface area contributed by atoms with Crippen molar-refractivity contribution >= 4 is 0 Å². The first-order valence-electron chi connectivity index (χ1n) is 11.4. The van der Waals surface area contributed by atoms with Gasteiger partial charge in [-0.2, -0.15) is 0 Å². The van der Waals surface area contributed by atoms with Crippen LogP contribution in [0.2, 0.25) is 0 Å². The van der Waals surface area contributed by atoms with Gasteiger partial charge in [0.05, 0.1) is 19.8 Å². The lowest BCUT2D eigenvalue weighted by Gasteiger charge is -2.34. The number of likely N-dealkylation sites (tertiary alicyclic amines) is 1. The van der Waals surface area contributed by atoms with Crippen molar-refractivity contribution in [3.63, 3.8) is 0 Å². The Morgan fingerprint density at radius 3 is 2.35 bits per heavy atom. The highest BCUT2D eigenvalue weighted by Gasteiger charge is 2.20. The molecular formula is C23H39N3O5. The number of methoxy groups -OCH3 is 2. The van der Waals surface area contributed by atoms with E-state index in [1.165, 1.54) is 5.56 Å². The van der Waals surface area contributed by atoms with E-state index in [1.54, 1.807) is 14.2 Å². The normalized spacial score (nSPS) is 20.6. The van der Waals surface area contributed by atoms with Crippen LogP contribution in [-0.2, 0) is 11.3 Å². The van der Waals surface area contributed by atoms with Gasteiger partial charge in [-0.3, -0.25) is 9.80 Å². The molecule has 8 heteroatoms. The highest BCUT2D eigenvalue weighted by molar-refractivity contribution is 5.43. The van der Waals surface area contributed by atoms with E-state index in [1.807, 2.05) is 12.1 Å². The van der Waals surface area contributed by atoms with Crippen molar-refractivity contribution in [2.45, 2.75) is 31.6 Å². The number of nitrogens with zero attached hydrogens (tertiary/aromatic N) is 3. The predicted octanol–water partition coefficient (Wildman–Crippen LogP) is 0.656. The molecule has 3 rings (SSSR count). The molecule has 1 aromatic carbocycles.